The fraction of sp³-hybridized carbons (Fsp3) is 0.474. The maximum Gasteiger partial charge on any atom is 0.147 e. The van der Waals surface area contributed by atoms with E-state index in [1.165, 1.54) is 11.3 Å². The summed E-state index contributed by atoms with van der Waals surface area (Å²) >= 11 is 0. The number of rotatable bonds is 3. The van der Waals surface area contributed by atoms with Gasteiger partial charge in [-0.1, -0.05) is 18.2 Å². The van der Waals surface area contributed by atoms with Crippen LogP contribution in [0.3, 0.4) is 0 Å². The second kappa shape index (κ2) is 6.98. The van der Waals surface area contributed by atoms with Crippen LogP contribution in [0.25, 0.3) is 0 Å². The van der Waals surface area contributed by atoms with E-state index in [0.717, 1.165) is 38.3 Å². The number of aromatic nitrogens is 2. The minimum absolute atomic E-state index is 0.155. The van der Waals surface area contributed by atoms with E-state index >= 15 is 0 Å². The van der Waals surface area contributed by atoms with Crippen molar-refractivity contribution in [2.24, 2.45) is 0 Å². The predicted octanol–water partition coefficient (Wildman–Crippen LogP) is 1.80. The molecule has 25 heavy (non-hydrogen) atoms. The number of piperidine rings is 1. The lowest BCUT2D eigenvalue weighted by Gasteiger charge is -2.42. The summed E-state index contributed by atoms with van der Waals surface area (Å²) in [6.45, 7) is 4.08. The molecule has 6 heteroatoms. The zero-order chi connectivity index (χ0) is 17.1. The molecule has 0 bridgehead atoms. The predicted molar refractivity (Wildman–Crippen MR) is 96.8 cm³/mol. The average Bonchev–Trinajstić information content (AvgIpc) is 2.82. The highest BCUT2D eigenvalue weighted by molar-refractivity contribution is 5.57. The van der Waals surface area contributed by atoms with Crippen molar-refractivity contribution in [3.63, 3.8) is 0 Å². The Morgan fingerprint density at radius 2 is 1.96 bits per heavy atom. The monoisotopic (exact) mass is 340 g/mol. The van der Waals surface area contributed by atoms with E-state index in [-0.39, 0.29) is 12.2 Å². The molecule has 132 valence electrons. The third-order valence-electron chi connectivity index (χ3n) is 5.29. The first-order valence-electron chi connectivity index (χ1n) is 8.93. The molecular weight excluding hydrogens is 316 g/mol. The Balaban J connectivity index is 1.60. The smallest absolute Gasteiger partial charge is 0.147 e. The van der Waals surface area contributed by atoms with Crippen LogP contribution in [0.4, 0.5) is 11.5 Å². The fourth-order valence-electron chi connectivity index (χ4n) is 4.00. The number of β-amino-alcohol motifs (C(OH)–C–C–N with tert-alkyl or cyclic N) is 1. The molecule has 6 nitrogen and oxygen atoms in total. The zero-order valence-corrected chi connectivity index (χ0v) is 14.3. The van der Waals surface area contributed by atoms with Gasteiger partial charge in [-0.15, -0.1) is 0 Å². The Kier molecular flexibility index (Phi) is 4.55. The average molecular weight is 340 g/mol. The Morgan fingerprint density at radius 3 is 2.72 bits per heavy atom. The van der Waals surface area contributed by atoms with Crippen molar-refractivity contribution in [3.8, 4) is 0 Å². The Bertz CT molecular complexity index is 702. The number of anilines is 2. The standard InChI is InChI=1S/C19H24N4O2/c24-13-11-22-12-14-25-19(16-3-1-2-4-17(16)22)5-9-23(10-6-19)18-15-20-7-8-21-18/h1-4,7-8,15,24H,5-6,9-14H2. The van der Waals surface area contributed by atoms with Crippen LogP contribution in [0.5, 0.6) is 0 Å². The van der Waals surface area contributed by atoms with Gasteiger partial charge in [0.15, 0.2) is 0 Å². The molecule has 0 atom stereocenters. The van der Waals surface area contributed by atoms with Crippen LogP contribution < -0.4 is 9.80 Å². The molecular formula is C19H24N4O2. The van der Waals surface area contributed by atoms with Gasteiger partial charge in [-0.3, -0.25) is 4.98 Å². The summed E-state index contributed by atoms with van der Waals surface area (Å²) in [7, 11) is 0. The van der Waals surface area contributed by atoms with E-state index in [1.807, 2.05) is 6.20 Å². The molecule has 1 aromatic heterocycles. The number of benzene rings is 1. The molecule has 0 saturated carbocycles. The van der Waals surface area contributed by atoms with Crippen LogP contribution in [0, 0.1) is 0 Å². The first-order valence-corrected chi connectivity index (χ1v) is 8.93. The molecule has 4 rings (SSSR count). The maximum atomic E-state index is 9.40. The van der Waals surface area contributed by atoms with Gasteiger partial charge in [-0.05, 0) is 18.9 Å². The normalized spacial score (nSPS) is 19.6. The highest BCUT2D eigenvalue weighted by Crippen LogP contribution is 2.43. The third-order valence-corrected chi connectivity index (χ3v) is 5.29. The summed E-state index contributed by atoms with van der Waals surface area (Å²) in [5, 5.41) is 9.40. The summed E-state index contributed by atoms with van der Waals surface area (Å²) in [6, 6.07) is 8.48. The van der Waals surface area contributed by atoms with Gasteiger partial charge in [0.05, 0.1) is 25.0 Å². The SMILES string of the molecule is OCCN1CCOC2(CCN(c3cnccn3)CC2)c2ccccc21. The third kappa shape index (κ3) is 3.07. The summed E-state index contributed by atoms with van der Waals surface area (Å²) < 4.78 is 6.43. The first-order chi connectivity index (χ1) is 12.3. The number of ether oxygens (including phenoxy) is 1. The van der Waals surface area contributed by atoms with Crippen molar-refractivity contribution in [2.45, 2.75) is 18.4 Å². The highest BCUT2D eigenvalue weighted by Gasteiger charge is 2.41. The van der Waals surface area contributed by atoms with E-state index in [1.54, 1.807) is 12.4 Å². The molecule has 1 spiro atoms. The van der Waals surface area contributed by atoms with Crippen molar-refractivity contribution < 1.29 is 9.84 Å². The lowest BCUT2D eigenvalue weighted by Crippen LogP contribution is -2.44. The molecule has 0 radical (unpaired) electrons. The summed E-state index contributed by atoms with van der Waals surface area (Å²) in [4.78, 5) is 13.1. The number of nitrogens with zero attached hydrogens (tertiary/aromatic N) is 4. The summed E-state index contributed by atoms with van der Waals surface area (Å²) in [5.74, 6) is 0.932. The number of hydrogen-bond donors (Lipinski definition) is 1. The number of hydrogen-bond acceptors (Lipinski definition) is 6. The number of aliphatic hydroxyl groups is 1. The van der Waals surface area contributed by atoms with Crippen LogP contribution in [-0.2, 0) is 10.3 Å². The van der Waals surface area contributed by atoms with Gasteiger partial charge in [0, 0.05) is 49.8 Å². The lowest BCUT2D eigenvalue weighted by molar-refractivity contribution is -0.0605. The minimum atomic E-state index is -0.250. The van der Waals surface area contributed by atoms with Gasteiger partial charge in [0.2, 0.25) is 0 Å². The molecule has 0 aliphatic carbocycles. The van der Waals surface area contributed by atoms with Gasteiger partial charge in [-0.2, -0.15) is 0 Å². The van der Waals surface area contributed by atoms with Crippen LogP contribution >= 0.6 is 0 Å². The molecule has 2 aliphatic rings. The van der Waals surface area contributed by atoms with Crippen LogP contribution in [0.15, 0.2) is 42.9 Å². The highest BCUT2D eigenvalue weighted by atomic mass is 16.5. The molecule has 1 aromatic carbocycles. The van der Waals surface area contributed by atoms with Gasteiger partial charge >= 0.3 is 0 Å². The number of aliphatic hydroxyl groups excluding tert-OH is 1. The van der Waals surface area contributed by atoms with E-state index in [0.29, 0.717) is 13.2 Å². The van der Waals surface area contributed by atoms with Gasteiger partial charge in [0.1, 0.15) is 5.82 Å². The Morgan fingerprint density at radius 1 is 1.12 bits per heavy atom. The van der Waals surface area contributed by atoms with Crippen LogP contribution in [0.2, 0.25) is 0 Å². The molecule has 2 aromatic rings. The number of para-hydroxylation sites is 1. The molecule has 2 aliphatic heterocycles. The van der Waals surface area contributed by atoms with E-state index in [9.17, 15) is 5.11 Å². The molecule has 1 saturated heterocycles. The molecule has 1 fully saturated rings. The van der Waals surface area contributed by atoms with Gasteiger partial charge < -0.3 is 19.6 Å². The van der Waals surface area contributed by atoms with E-state index in [2.05, 4.69) is 44.0 Å². The van der Waals surface area contributed by atoms with Crippen molar-refractivity contribution in [1.82, 2.24) is 9.97 Å². The summed E-state index contributed by atoms with van der Waals surface area (Å²) in [5.41, 5.74) is 2.20. The molecule has 3 heterocycles. The topological polar surface area (TPSA) is 61.7 Å². The van der Waals surface area contributed by atoms with Crippen molar-refractivity contribution >= 4 is 11.5 Å². The van der Waals surface area contributed by atoms with Crippen LogP contribution in [0.1, 0.15) is 18.4 Å². The lowest BCUT2D eigenvalue weighted by atomic mass is 9.83. The largest absolute Gasteiger partial charge is 0.395 e. The van der Waals surface area contributed by atoms with E-state index in [4.69, 9.17) is 4.74 Å². The Labute approximate surface area is 148 Å². The number of fused-ring (bicyclic) bond motifs is 2. The minimum Gasteiger partial charge on any atom is -0.395 e. The fourth-order valence-corrected chi connectivity index (χ4v) is 4.00. The maximum absolute atomic E-state index is 9.40. The van der Waals surface area contributed by atoms with Crippen molar-refractivity contribution in [3.05, 3.63) is 48.4 Å². The molecule has 1 N–H and O–H groups in total. The van der Waals surface area contributed by atoms with Gasteiger partial charge in [0.25, 0.3) is 0 Å². The van der Waals surface area contributed by atoms with Crippen molar-refractivity contribution in [2.75, 3.05) is 49.2 Å². The summed E-state index contributed by atoms with van der Waals surface area (Å²) in [6.07, 6.45) is 7.11. The van der Waals surface area contributed by atoms with E-state index < -0.39 is 0 Å². The quantitative estimate of drug-likeness (QED) is 0.919. The van der Waals surface area contributed by atoms with Crippen LogP contribution in [-0.4, -0.2) is 54.5 Å². The second-order valence-corrected chi connectivity index (χ2v) is 6.62. The first kappa shape index (κ1) is 16.3. The second-order valence-electron chi connectivity index (χ2n) is 6.62. The van der Waals surface area contributed by atoms with Gasteiger partial charge in [-0.25, -0.2) is 4.98 Å². The van der Waals surface area contributed by atoms with Crippen molar-refractivity contribution in [1.29, 1.82) is 0 Å². The molecule has 0 unspecified atom stereocenters. The zero-order valence-electron chi connectivity index (χ0n) is 14.3. The molecule has 0 amide bonds. The Hall–Kier alpha value is -2.18.